The van der Waals surface area contributed by atoms with Gasteiger partial charge in [0.15, 0.2) is 0 Å². The van der Waals surface area contributed by atoms with Crippen LogP contribution in [-0.2, 0) is 10.1 Å². The average molecular weight is 269 g/mol. The van der Waals surface area contributed by atoms with Gasteiger partial charge in [-0.2, -0.15) is 8.42 Å². The van der Waals surface area contributed by atoms with Crippen LogP contribution >= 0.6 is 0 Å². The molecule has 2 aromatic rings. The van der Waals surface area contributed by atoms with Crippen molar-refractivity contribution in [3.8, 4) is 0 Å². The van der Waals surface area contributed by atoms with Crippen molar-refractivity contribution >= 4 is 20.9 Å². The Morgan fingerprint density at radius 3 is 2.00 bits per heavy atom. The molecule has 2 rings (SSSR count). The molecule has 0 atom stereocenters. The first-order chi connectivity index (χ1) is 6.59. The molecule has 0 fully saturated rings. The molecule has 3 nitrogen and oxygen atoms in total. The zero-order valence-electron chi connectivity index (χ0n) is 10.2. The van der Waals surface area contributed by atoms with E-state index in [1.165, 1.54) is 6.07 Å². The molecule has 0 bridgehead atoms. The van der Waals surface area contributed by atoms with Gasteiger partial charge in [-0.05, 0) is 11.5 Å². The van der Waals surface area contributed by atoms with Gasteiger partial charge in [0.2, 0.25) is 0 Å². The minimum absolute atomic E-state index is 0. The molecule has 0 unspecified atom stereocenters. The summed E-state index contributed by atoms with van der Waals surface area (Å²) in [5.74, 6) is 0. The van der Waals surface area contributed by atoms with E-state index in [-0.39, 0.29) is 71.4 Å². The Labute approximate surface area is 146 Å². The SMILES string of the molecule is O=S(=O)(O)c1cccc2ccccc12.[CH3-].[Na+].[Na+]. The Bertz CT molecular complexity index is 577. The van der Waals surface area contributed by atoms with Crippen LogP contribution in [0.1, 0.15) is 0 Å². The summed E-state index contributed by atoms with van der Waals surface area (Å²) >= 11 is 0. The topological polar surface area (TPSA) is 54.4 Å². The van der Waals surface area contributed by atoms with E-state index in [1.807, 2.05) is 6.07 Å². The van der Waals surface area contributed by atoms with Gasteiger partial charge in [0.1, 0.15) is 4.90 Å². The molecule has 0 radical (unpaired) electrons. The van der Waals surface area contributed by atoms with Gasteiger partial charge < -0.3 is 7.43 Å². The van der Waals surface area contributed by atoms with Crippen LogP contribution in [-0.4, -0.2) is 13.0 Å². The van der Waals surface area contributed by atoms with Crippen molar-refractivity contribution < 1.29 is 72.1 Å². The summed E-state index contributed by atoms with van der Waals surface area (Å²) in [7, 11) is -4.13. The smallest absolute Gasteiger partial charge is 0.358 e. The van der Waals surface area contributed by atoms with Crippen LogP contribution < -0.4 is 59.1 Å². The Kier molecular flexibility index (Phi) is 9.29. The third-order valence-electron chi connectivity index (χ3n) is 2.03. The van der Waals surface area contributed by atoms with Crippen molar-refractivity contribution in [3.63, 3.8) is 0 Å². The van der Waals surface area contributed by atoms with Crippen LogP contribution in [0.15, 0.2) is 47.4 Å². The summed E-state index contributed by atoms with van der Waals surface area (Å²) in [6.07, 6.45) is 0. The normalized spacial score (nSPS) is 9.71. The fourth-order valence-corrected chi connectivity index (χ4v) is 2.13. The zero-order chi connectivity index (χ0) is 10.2. The van der Waals surface area contributed by atoms with Gasteiger partial charge >= 0.3 is 59.1 Å². The molecular weight excluding hydrogens is 258 g/mol. The number of hydrogen-bond donors (Lipinski definition) is 1. The summed E-state index contributed by atoms with van der Waals surface area (Å²) in [6, 6.07) is 11.8. The maximum Gasteiger partial charge on any atom is 1.00 e. The first kappa shape index (κ1) is 19.9. The Hall–Kier alpha value is 0.610. The molecule has 17 heavy (non-hydrogen) atoms. The first-order valence-electron chi connectivity index (χ1n) is 4.04. The molecule has 0 aliphatic heterocycles. The number of benzene rings is 2. The Morgan fingerprint density at radius 1 is 0.882 bits per heavy atom. The second kappa shape index (κ2) is 7.92. The van der Waals surface area contributed by atoms with Crippen LogP contribution in [0.5, 0.6) is 0 Å². The molecule has 0 spiro atoms. The monoisotopic (exact) mass is 269 g/mol. The molecule has 0 saturated carbocycles. The molecule has 0 heterocycles. The second-order valence-electron chi connectivity index (χ2n) is 2.95. The molecule has 0 amide bonds. The van der Waals surface area contributed by atoms with Crippen molar-refractivity contribution in [2.24, 2.45) is 0 Å². The predicted molar refractivity (Wildman–Crippen MR) is 60.2 cm³/mol. The fraction of sp³-hybridized carbons (Fsp3) is 0. The van der Waals surface area contributed by atoms with Crippen LogP contribution in [0.2, 0.25) is 0 Å². The van der Waals surface area contributed by atoms with Crippen LogP contribution in [0.25, 0.3) is 10.8 Å². The Morgan fingerprint density at radius 2 is 1.41 bits per heavy atom. The Balaban J connectivity index is 0. The third kappa shape index (κ3) is 4.65. The fourth-order valence-electron chi connectivity index (χ4n) is 1.42. The summed E-state index contributed by atoms with van der Waals surface area (Å²) in [6.45, 7) is 0. The minimum Gasteiger partial charge on any atom is -0.358 e. The maximum atomic E-state index is 11.0. The van der Waals surface area contributed by atoms with Gasteiger partial charge in [0, 0.05) is 5.39 Å². The van der Waals surface area contributed by atoms with Crippen molar-refractivity contribution in [1.82, 2.24) is 0 Å². The zero-order valence-corrected chi connectivity index (χ0v) is 15.0. The van der Waals surface area contributed by atoms with E-state index < -0.39 is 10.1 Å². The van der Waals surface area contributed by atoms with Crippen LogP contribution in [0, 0.1) is 7.43 Å². The molecular formula is C11H11Na2O3S+. The quantitative estimate of drug-likeness (QED) is 0.333. The van der Waals surface area contributed by atoms with E-state index in [0.29, 0.717) is 5.39 Å². The second-order valence-corrected chi connectivity index (χ2v) is 4.34. The van der Waals surface area contributed by atoms with Gasteiger partial charge in [-0.25, -0.2) is 0 Å². The van der Waals surface area contributed by atoms with E-state index in [9.17, 15) is 8.42 Å². The molecule has 80 valence electrons. The van der Waals surface area contributed by atoms with E-state index in [1.54, 1.807) is 30.3 Å². The van der Waals surface area contributed by atoms with Gasteiger partial charge in [-0.1, -0.05) is 36.4 Å². The molecule has 0 aromatic heterocycles. The largest absolute Gasteiger partial charge is 1.00 e. The molecule has 1 N–H and O–H groups in total. The molecule has 0 aliphatic carbocycles. The van der Waals surface area contributed by atoms with Crippen molar-refractivity contribution in [2.45, 2.75) is 4.90 Å². The van der Waals surface area contributed by atoms with Gasteiger partial charge in [0.05, 0.1) is 0 Å². The summed E-state index contributed by atoms with van der Waals surface area (Å²) in [4.78, 5) is -0.0457. The van der Waals surface area contributed by atoms with E-state index in [0.717, 1.165) is 5.39 Å². The maximum absolute atomic E-state index is 11.0. The molecule has 0 aliphatic rings. The van der Waals surface area contributed by atoms with Gasteiger partial charge in [-0.3, -0.25) is 4.55 Å². The molecule has 0 saturated heterocycles. The van der Waals surface area contributed by atoms with Gasteiger partial charge in [-0.15, -0.1) is 0 Å². The number of fused-ring (bicyclic) bond motifs is 1. The van der Waals surface area contributed by atoms with Crippen molar-refractivity contribution in [1.29, 1.82) is 0 Å². The predicted octanol–water partition coefficient (Wildman–Crippen LogP) is -3.46. The van der Waals surface area contributed by atoms with E-state index >= 15 is 0 Å². The van der Waals surface area contributed by atoms with Crippen molar-refractivity contribution in [3.05, 3.63) is 49.9 Å². The number of hydrogen-bond acceptors (Lipinski definition) is 2. The third-order valence-corrected chi connectivity index (χ3v) is 2.94. The summed E-state index contributed by atoms with van der Waals surface area (Å²) < 4.78 is 31.0. The first-order valence-corrected chi connectivity index (χ1v) is 5.48. The molecule has 2 aromatic carbocycles. The minimum atomic E-state index is -4.13. The summed E-state index contributed by atoms with van der Waals surface area (Å²) in [5, 5.41) is 1.33. The van der Waals surface area contributed by atoms with E-state index in [4.69, 9.17) is 4.55 Å². The summed E-state index contributed by atoms with van der Waals surface area (Å²) in [5.41, 5.74) is 0. The standard InChI is InChI=1S/C10H8O3S.CH3.2Na/c11-14(12,13)10-7-3-5-8-4-1-2-6-9(8)10;;;/h1-7H,(H,11,12,13);1H3;;/q;-1;2*+1. The van der Waals surface area contributed by atoms with Gasteiger partial charge in [0.25, 0.3) is 10.1 Å². The van der Waals surface area contributed by atoms with Crippen LogP contribution in [0.3, 0.4) is 0 Å². The van der Waals surface area contributed by atoms with E-state index in [2.05, 4.69) is 0 Å². The molecule has 6 heteroatoms. The average Bonchev–Trinajstić information content (AvgIpc) is 2.15. The van der Waals surface area contributed by atoms with Crippen molar-refractivity contribution in [2.75, 3.05) is 0 Å². The van der Waals surface area contributed by atoms with Crippen LogP contribution in [0.4, 0.5) is 0 Å². The number of rotatable bonds is 1.